The molecule has 0 aliphatic rings. The summed E-state index contributed by atoms with van der Waals surface area (Å²) in [5.41, 5.74) is 2.08. The second-order valence-corrected chi connectivity index (χ2v) is 11.0. The fourth-order valence-corrected chi connectivity index (χ4v) is 5.29. The third kappa shape index (κ3) is 7.20. The second kappa shape index (κ2) is 12.5. The van der Waals surface area contributed by atoms with Crippen LogP contribution in [0.1, 0.15) is 38.3 Å². The van der Waals surface area contributed by atoms with E-state index in [0.29, 0.717) is 5.69 Å². The van der Waals surface area contributed by atoms with Crippen molar-refractivity contribution in [2.24, 2.45) is 0 Å². The van der Waals surface area contributed by atoms with E-state index < -0.39 is 28.5 Å². The molecule has 0 bridgehead atoms. The minimum atomic E-state index is -4.06. The monoisotopic (exact) mass is 521 g/mol. The smallest absolute Gasteiger partial charge is 0.264 e. The van der Waals surface area contributed by atoms with Gasteiger partial charge in [-0.15, -0.1) is 0 Å². The number of rotatable bonds is 11. The molecule has 2 unspecified atom stereocenters. The predicted molar refractivity (Wildman–Crippen MR) is 147 cm³/mol. The van der Waals surface area contributed by atoms with Crippen LogP contribution in [0.4, 0.5) is 5.69 Å². The molecule has 3 aromatic carbocycles. The third-order valence-corrected chi connectivity index (χ3v) is 8.05. The fraction of sp³-hybridized carbons (Fsp3) is 0.310. The van der Waals surface area contributed by atoms with E-state index in [4.69, 9.17) is 0 Å². The molecule has 0 aliphatic carbocycles. The SMILES string of the molecule is CCC(C)NC(=O)C(C)N(Cc1ccccc1)C(=O)CN(c1cccc(C)c1)S(=O)(=O)c1ccccc1. The first-order chi connectivity index (χ1) is 17.6. The number of benzene rings is 3. The average Bonchev–Trinajstić information content (AvgIpc) is 2.90. The van der Waals surface area contributed by atoms with Crippen LogP contribution in [0, 0.1) is 6.92 Å². The number of hydrogen-bond donors (Lipinski definition) is 1. The number of anilines is 1. The molecule has 3 rings (SSSR count). The van der Waals surface area contributed by atoms with Crippen LogP contribution < -0.4 is 9.62 Å². The first-order valence-electron chi connectivity index (χ1n) is 12.4. The van der Waals surface area contributed by atoms with Crippen LogP contribution in [-0.2, 0) is 26.2 Å². The molecular weight excluding hydrogens is 486 g/mol. The van der Waals surface area contributed by atoms with Gasteiger partial charge in [0, 0.05) is 12.6 Å². The van der Waals surface area contributed by atoms with Crippen molar-refractivity contribution in [1.82, 2.24) is 10.2 Å². The van der Waals surface area contributed by atoms with E-state index in [1.54, 1.807) is 43.3 Å². The largest absolute Gasteiger partial charge is 0.352 e. The molecule has 0 heterocycles. The molecule has 0 fully saturated rings. The molecule has 196 valence electrons. The average molecular weight is 522 g/mol. The van der Waals surface area contributed by atoms with Crippen LogP contribution in [0.3, 0.4) is 0 Å². The summed E-state index contributed by atoms with van der Waals surface area (Å²) in [4.78, 5) is 28.4. The van der Waals surface area contributed by atoms with E-state index in [2.05, 4.69) is 5.32 Å². The van der Waals surface area contributed by atoms with Crippen molar-refractivity contribution in [3.63, 3.8) is 0 Å². The van der Waals surface area contributed by atoms with Crippen LogP contribution in [0.2, 0.25) is 0 Å². The van der Waals surface area contributed by atoms with Gasteiger partial charge in [-0.05, 0) is 62.6 Å². The van der Waals surface area contributed by atoms with Crippen molar-refractivity contribution in [2.75, 3.05) is 10.8 Å². The number of carbonyl (C=O) groups excluding carboxylic acids is 2. The quantitative estimate of drug-likeness (QED) is 0.402. The highest BCUT2D eigenvalue weighted by molar-refractivity contribution is 7.92. The topological polar surface area (TPSA) is 86.8 Å². The Morgan fingerprint density at radius 2 is 1.51 bits per heavy atom. The van der Waals surface area contributed by atoms with E-state index in [9.17, 15) is 18.0 Å². The number of nitrogens with zero attached hydrogens (tertiary/aromatic N) is 2. The van der Waals surface area contributed by atoms with Gasteiger partial charge in [0.05, 0.1) is 10.6 Å². The Morgan fingerprint density at radius 1 is 0.892 bits per heavy atom. The summed E-state index contributed by atoms with van der Waals surface area (Å²) in [5, 5.41) is 2.93. The predicted octanol–water partition coefficient (Wildman–Crippen LogP) is 4.52. The van der Waals surface area contributed by atoms with Gasteiger partial charge in [0.1, 0.15) is 12.6 Å². The van der Waals surface area contributed by atoms with Gasteiger partial charge in [0.25, 0.3) is 10.0 Å². The van der Waals surface area contributed by atoms with E-state index in [1.165, 1.54) is 17.0 Å². The number of aryl methyl sites for hydroxylation is 1. The summed E-state index contributed by atoms with van der Waals surface area (Å²) in [6, 6.07) is 23.5. The highest BCUT2D eigenvalue weighted by Gasteiger charge is 2.32. The van der Waals surface area contributed by atoms with Gasteiger partial charge in [0.2, 0.25) is 11.8 Å². The van der Waals surface area contributed by atoms with Gasteiger partial charge in [-0.2, -0.15) is 0 Å². The molecule has 2 atom stereocenters. The molecule has 0 spiro atoms. The summed E-state index contributed by atoms with van der Waals surface area (Å²) in [6.45, 7) is 7.12. The van der Waals surface area contributed by atoms with E-state index in [0.717, 1.165) is 21.9 Å². The zero-order chi connectivity index (χ0) is 27.0. The first kappa shape index (κ1) is 27.9. The molecule has 1 N–H and O–H groups in total. The van der Waals surface area contributed by atoms with Crippen LogP contribution in [0.5, 0.6) is 0 Å². The Hall–Kier alpha value is -3.65. The maximum absolute atomic E-state index is 13.8. The Morgan fingerprint density at radius 3 is 2.11 bits per heavy atom. The van der Waals surface area contributed by atoms with Crippen molar-refractivity contribution in [2.45, 2.75) is 57.6 Å². The number of amides is 2. The second-order valence-electron chi connectivity index (χ2n) is 9.16. The van der Waals surface area contributed by atoms with Gasteiger partial charge in [-0.25, -0.2) is 8.42 Å². The maximum Gasteiger partial charge on any atom is 0.264 e. The molecule has 7 nitrogen and oxygen atoms in total. The molecule has 8 heteroatoms. The van der Waals surface area contributed by atoms with E-state index in [1.807, 2.05) is 57.2 Å². The van der Waals surface area contributed by atoms with Gasteiger partial charge in [0.15, 0.2) is 0 Å². The lowest BCUT2D eigenvalue weighted by atomic mass is 10.1. The zero-order valence-electron chi connectivity index (χ0n) is 21.8. The summed E-state index contributed by atoms with van der Waals surface area (Å²) in [7, 11) is -4.06. The lowest BCUT2D eigenvalue weighted by molar-refractivity contribution is -0.139. The minimum Gasteiger partial charge on any atom is -0.352 e. The number of sulfonamides is 1. The summed E-state index contributed by atoms with van der Waals surface area (Å²) >= 11 is 0. The molecule has 0 aromatic heterocycles. The summed E-state index contributed by atoms with van der Waals surface area (Å²) in [5.74, 6) is -0.761. The Balaban J connectivity index is 2.00. The van der Waals surface area contributed by atoms with Crippen molar-refractivity contribution in [1.29, 1.82) is 0 Å². The maximum atomic E-state index is 13.8. The number of carbonyl (C=O) groups is 2. The van der Waals surface area contributed by atoms with Gasteiger partial charge in [-0.3, -0.25) is 13.9 Å². The normalized spacial score (nSPS) is 12.9. The molecule has 37 heavy (non-hydrogen) atoms. The molecule has 2 amide bonds. The zero-order valence-corrected chi connectivity index (χ0v) is 22.6. The summed E-state index contributed by atoms with van der Waals surface area (Å²) in [6.07, 6.45) is 0.752. The highest BCUT2D eigenvalue weighted by Crippen LogP contribution is 2.25. The Labute approximate surface area is 220 Å². The fourth-order valence-electron chi connectivity index (χ4n) is 3.86. The molecular formula is C29H35N3O4S. The molecule has 3 aromatic rings. The van der Waals surface area contributed by atoms with Crippen molar-refractivity contribution >= 4 is 27.5 Å². The van der Waals surface area contributed by atoms with E-state index in [-0.39, 0.29) is 23.4 Å². The number of nitrogens with one attached hydrogen (secondary N) is 1. The molecule has 0 saturated carbocycles. The van der Waals surface area contributed by atoms with E-state index >= 15 is 0 Å². The highest BCUT2D eigenvalue weighted by atomic mass is 32.2. The first-order valence-corrected chi connectivity index (χ1v) is 13.9. The lowest BCUT2D eigenvalue weighted by Gasteiger charge is -2.32. The van der Waals surface area contributed by atoms with Crippen molar-refractivity contribution in [3.8, 4) is 0 Å². The van der Waals surface area contributed by atoms with Gasteiger partial charge < -0.3 is 10.2 Å². The number of hydrogen-bond acceptors (Lipinski definition) is 4. The molecule has 0 radical (unpaired) electrons. The Bertz CT molecular complexity index is 1300. The lowest BCUT2D eigenvalue weighted by Crippen LogP contribution is -2.52. The Kier molecular flexibility index (Phi) is 9.47. The summed E-state index contributed by atoms with van der Waals surface area (Å²) < 4.78 is 28.6. The van der Waals surface area contributed by atoms with Gasteiger partial charge in [-0.1, -0.05) is 67.6 Å². The minimum absolute atomic E-state index is 0.0501. The van der Waals surface area contributed by atoms with Crippen LogP contribution in [0.25, 0.3) is 0 Å². The third-order valence-electron chi connectivity index (χ3n) is 6.26. The van der Waals surface area contributed by atoms with Gasteiger partial charge >= 0.3 is 0 Å². The van der Waals surface area contributed by atoms with Crippen molar-refractivity contribution in [3.05, 3.63) is 96.1 Å². The standard InChI is InChI=1S/C29H35N3O4S/c1-5-23(3)30-29(34)24(4)31(20-25-14-8-6-9-15-25)28(33)21-32(26-16-12-13-22(2)19-26)37(35,36)27-17-10-7-11-18-27/h6-19,23-24H,5,20-21H2,1-4H3,(H,30,34). The van der Waals surface area contributed by atoms with Crippen molar-refractivity contribution < 1.29 is 18.0 Å². The van der Waals surface area contributed by atoms with Crippen LogP contribution in [0.15, 0.2) is 89.8 Å². The molecule has 0 saturated heterocycles. The van der Waals surface area contributed by atoms with Crippen LogP contribution in [-0.4, -0.2) is 43.8 Å². The molecule has 0 aliphatic heterocycles. The van der Waals surface area contributed by atoms with Crippen LogP contribution >= 0.6 is 0 Å².